The molecule has 0 aliphatic heterocycles. The number of hydrogen-bond acceptors (Lipinski definition) is 3. The van der Waals surface area contributed by atoms with Gasteiger partial charge in [-0.25, -0.2) is 0 Å². The van der Waals surface area contributed by atoms with Crippen molar-refractivity contribution in [1.29, 1.82) is 0 Å². The van der Waals surface area contributed by atoms with Crippen LogP contribution in [0.25, 0.3) is 0 Å². The summed E-state index contributed by atoms with van der Waals surface area (Å²) >= 11 is 6.20. The number of rotatable bonds is 8. The third kappa shape index (κ3) is 4.69. The third-order valence-corrected chi connectivity index (χ3v) is 3.58. The van der Waals surface area contributed by atoms with Gasteiger partial charge in [0, 0.05) is 31.6 Å². The molecule has 1 fully saturated rings. The van der Waals surface area contributed by atoms with Gasteiger partial charge in [0.25, 0.3) is 0 Å². The molecule has 0 heterocycles. The second-order valence-corrected chi connectivity index (χ2v) is 5.42. The summed E-state index contributed by atoms with van der Waals surface area (Å²) in [5.74, 6) is 0.766. The average Bonchev–Trinajstić information content (AvgIpc) is 3.27. The van der Waals surface area contributed by atoms with Gasteiger partial charge in [-0.2, -0.15) is 0 Å². The molecule has 1 aromatic rings. The van der Waals surface area contributed by atoms with Crippen molar-refractivity contribution < 1.29 is 9.53 Å². The van der Waals surface area contributed by atoms with Crippen LogP contribution in [0.1, 0.15) is 31.2 Å². The van der Waals surface area contributed by atoms with Crippen molar-refractivity contribution in [3.05, 3.63) is 28.8 Å². The van der Waals surface area contributed by atoms with E-state index in [4.69, 9.17) is 16.3 Å². The predicted octanol–water partition coefficient (Wildman–Crippen LogP) is 2.50. The van der Waals surface area contributed by atoms with Crippen LogP contribution in [0.15, 0.2) is 18.2 Å². The molecule has 1 aliphatic carbocycles. The van der Waals surface area contributed by atoms with E-state index in [9.17, 15) is 4.79 Å². The van der Waals surface area contributed by atoms with Crippen LogP contribution in [0.3, 0.4) is 0 Å². The van der Waals surface area contributed by atoms with E-state index in [1.54, 1.807) is 7.05 Å². The first kappa shape index (κ1) is 15.1. The molecular weight excluding hydrogens is 276 g/mol. The topological polar surface area (TPSA) is 50.4 Å². The Bertz CT molecular complexity index is 461. The molecule has 2 rings (SSSR count). The molecule has 0 spiro atoms. The number of carbonyl (C=O) groups excluding carboxylic acids is 1. The smallest absolute Gasteiger partial charge is 0.219 e. The van der Waals surface area contributed by atoms with Crippen molar-refractivity contribution >= 4 is 17.5 Å². The highest BCUT2D eigenvalue weighted by Gasteiger charge is 2.21. The number of carbonyl (C=O) groups is 1. The van der Waals surface area contributed by atoms with E-state index in [-0.39, 0.29) is 5.91 Å². The summed E-state index contributed by atoms with van der Waals surface area (Å²) in [6.45, 7) is 1.27. The largest absolute Gasteiger partial charge is 0.492 e. The molecule has 20 heavy (non-hydrogen) atoms. The molecule has 110 valence electrons. The third-order valence-electron chi connectivity index (χ3n) is 3.28. The van der Waals surface area contributed by atoms with Crippen LogP contribution >= 0.6 is 11.6 Å². The predicted molar refractivity (Wildman–Crippen MR) is 80.1 cm³/mol. The molecule has 0 bridgehead atoms. The van der Waals surface area contributed by atoms with Crippen LogP contribution in [-0.4, -0.2) is 25.6 Å². The maximum Gasteiger partial charge on any atom is 0.219 e. The van der Waals surface area contributed by atoms with E-state index in [2.05, 4.69) is 10.6 Å². The average molecular weight is 297 g/mol. The van der Waals surface area contributed by atoms with Gasteiger partial charge in [0.2, 0.25) is 5.91 Å². The van der Waals surface area contributed by atoms with Gasteiger partial charge in [-0.1, -0.05) is 23.7 Å². The van der Waals surface area contributed by atoms with E-state index < -0.39 is 0 Å². The van der Waals surface area contributed by atoms with Crippen LogP contribution in [0, 0.1) is 0 Å². The summed E-state index contributed by atoms with van der Waals surface area (Å²) in [4.78, 5) is 11.1. The Morgan fingerprint density at radius 3 is 2.95 bits per heavy atom. The van der Waals surface area contributed by atoms with Crippen molar-refractivity contribution in [2.45, 2.75) is 38.3 Å². The first-order valence-corrected chi connectivity index (χ1v) is 7.42. The fourth-order valence-corrected chi connectivity index (χ4v) is 2.18. The van der Waals surface area contributed by atoms with Crippen LogP contribution in [0.4, 0.5) is 0 Å². The quantitative estimate of drug-likeness (QED) is 0.725. The Kier molecular flexibility index (Phi) is 5.68. The van der Waals surface area contributed by atoms with Crippen LogP contribution in [0.5, 0.6) is 5.75 Å². The summed E-state index contributed by atoms with van der Waals surface area (Å²) in [6.07, 6.45) is 3.66. The zero-order chi connectivity index (χ0) is 14.4. The molecule has 1 aromatic carbocycles. The van der Waals surface area contributed by atoms with Crippen molar-refractivity contribution in [3.63, 3.8) is 0 Å². The maximum atomic E-state index is 11.1. The lowest BCUT2D eigenvalue weighted by Crippen LogP contribution is -2.18. The zero-order valence-electron chi connectivity index (χ0n) is 11.7. The first-order valence-electron chi connectivity index (χ1n) is 7.05. The van der Waals surface area contributed by atoms with Gasteiger partial charge in [0.15, 0.2) is 0 Å². The molecule has 2 N–H and O–H groups in total. The standard InChI is InChI=1S/C15H21ClN2O2/c1-17-14(19)6-3-9-20-15-11(4-2-5-13(15)16)10-18-12-7-8-12/h2,4-5,12,18H,3,6-10H2,1H3,(H,17,19). The molecule has 0 unspecified atom stereocenters. The van der Waals surface area contributed by atoms with E-state index in [0.717, 1.165) is 17.9 Å². The van der Waals surface area contributed by atoms with E-state index in [1.807, 2.05) is 18.2 Å². The number of benzene rings is 1. The number of hydrogen-bond donors (Lipinski definition) is 2. The molecule has 0 saturated heterocycles. The van der Waals surface area contributed by atoms with Crippen molar-refractivity contribution in [2.24, 2.45) is 0 Å². The minimum absolute atomic E-state index is 0.0309. The lowest BCUT2D eigenvalue weighted by Gasteiger charge is -2.13. The zero-order valence-corrected chi connectivity index (χ0v) is 12.5. The van der Waals surface area contributed by atoms with Crippen LogP contribution < -0.4 is 15.4 Å². The first-order chi connectivity index (χ1) is 9.70. The fourth-order valence-electron chi connectivity index (χ4n) is 1.93. The van der Waals surface area contributed by atoms with Crippen LogP contribution in [-0.2, 0) is 11.3 Å². The van der Waals surface area contributed by atoms with Gasteiger partial charge >= 0.3 is 0 Å². The summed E-state index contributed by atoms with van der Waals surface area (Å²) in [5, 5.41) is 6.68. The lowest BCUT2D eigenvalue weighted by atomic mass is 10.2. The Hall–Kier alpha value is -1.26. The summed E-state index contributed by atoms with van der Waals surface area (Å²) < 4.78 is 5.76. The number of para-hydroxylation sites is 1. The van der Waals surface area contributed by atoms with Crippen molar-refractivity contribution in [1.82, 2.24) is 10.6 Å². The van der Waals surface area contributed by atoms with Crippen molar-refractivity contribution in [2.75, 3.05) is 13.7 Å². The Labute approximate surface area is 124 Å². The molecule has 1 saturated carbocycles. The minimum atomic E-state index is 0.0309. The highest BCUT2D eigenvalue weighted by atomic mass is 35.5. The van der Waals surface area contributed by atoms with Crippen molar-refractivity contribution in [3.8, 4) is 5.75 Å². The Balaban J connectivity index is 1.85. The van der Waals surface area contributed by atoms with Gasteiger partial charge in [0.05, 0.1) is 11.6 Å². The molecule has 1 aliphatic rings. The molecule has 1 amide bonds. The number of amides is 1. The Morgan fingerprint density at radius 1 is 1.45 bits per heavy atom. The Morgan fingerprint density at radius 2 is 2.25 bits per heavy atom. The van der Waals surface area contributed by atoms with Gasteiger partial charge in [-0.3, -0.25) is 4.79 Å². The SMILES string of the molecule is CNC(=O)CCCOc1c(Cl)cccc1CNC1CC1. The minimum Gasteiger partial charge on any atom is -0.492 e. The highest BCUT2D eigenvalue weighted by Crippen LogP contribution is 2.29. The second-order valence-electron chi connectivity index (χ2n) is 5.01. The van der Waals surface area contributed by atoms with Crippen LogP contribution in [0.2, 0.25) is 5.02 Å². The molecule has 0 atom stereocenters. The van der Waals surface area contributed by atoms with Gasteiger partial charge in [-0.15, -0.1) is 0 Å². The second kappa shape index (κ2) is 7.50. The highest BCUT2D eigenvalue weighted by molar-refractivity contribution is 6.32. The number of halogens is 1. The monoisotopic (exact) mass is 296 g/mol. The summed E-state index contributed by atoms with van der Waals surface area (Å²) in [6, 6.07) is 6.44. The van der Waals surface area contributed by atoms with E-state index in [1.165, 1.54) is 12.8 Å². The molecular formula is C15H21ClN2O2. The van der Waals surface area contributed by atoms with Gasteiger partial charge < -0.3 is 15.4 Å². The fraction of sp³-hybridized carbons (Fsp3) is 0.533. The summed E-state index contributed by atoms with van der Waals surface area (Å²) in [7, 11) is 1.64. The maximum absolute atomic E-state index is 11.1. The molecule has 0 aromatic heterocycles. The van der Waals surface area contributed by atoms with Gasteiger partial charge in [-0.05, 0) is 25.3 Å². The number of nitrogens with one attached hydrogen (secondary N) is 2. The van der Waals surface area contributed by atoms with E-state index in [0.29, 0.717) is 30.5 Å². The lowest BCUT2D eigenvalue weighted by molar-refractivity contribution is -0.120. The summed E-state index contributed by atoms with van der Waals surface area (Å²) in [5.41, 5.74) is 1.07. The molecule has 4 nitrogen and oxygen atoms in total. The van der Waals surface area contributed by atoms with E-state index >= 15 is 0 Å². The normalized spacial score (nSPS) is 14.1. The van der Waals surface area contributed by atoms with Gasteiger partial charge in [0.1, 0.15) is 5.75 Å². The molecule has 0 radical (unpaired) electrons. The number of ether oxygens (including phenoxy) is 1. The molecule has 5 heteroatoms.